The van der Waals surface area contributed by atoms with E-state index in [0.29, 0.717) is 30.7 Å². The Balaban J connectivity index is 1.33. The van der Waals surface area contributed by atoms with Crippen molar-refractivity contribution in [2.45, 2.75) is 12.3 Å². The molecule has 1 unspecified atom stereocenters. The molecule has 12 heteroatoms. The lowest BCUT2D eigenvalue weighted by Gasteiger charge is -2.32. The highest BCUT2D eigenvalue weighted by Crippen LogP contribution is 2.29. The van der Waals surface area contributed by atoms with Crippen molar-refractivity contribution in [3.8, 4) is 17.3 Å². The van der Waals surface area contributed by atoms with Gasteiger partial charge >= 0.3 is 6.18 Å². The zero-order valence-electron chi connectivity index (χ0n) is 16.0. The predicted octanol–water partition coefficient (Wildman–Crippen LogP) is 2.20. The largest absolute Gasteiger partial charge is 0.475 e. The summed E-state index contributed by atoms with van der Waals surface area (Å²) in [6, 6.07) is 8.88. The van der Waals surface area contributed by atoms with Crippen molar-refractivity contribution >= 4 is 5.91 Å². The van der Waals surface area contributed by atoms with Crippen molar-refractivity contribution in [3.63, 3.8) is 0 Å². The van der Waals surface area contributed by atoms with Crippen molar-refractivity contribution in [3.05, 3.63) is 53.7 Å². The number of H-pyrrole nitrogens is 1. The van der Waals surface area contributed by atoms with Crippen molar-refractivity contribution in [1.29, 1.82) is 0 Å². The van der Waals surface area contributed by atoms with Gasteiger partial charge in [0.15, 0.2) is 0 Å². The number of benzene rings is 1. The minimum atomic E-state index is -4.46. The summed E-state index contributed by atoms with van der Waals surface area (Å²) in [5.74, 6) is 0.317. The van der Waals surface area contributed by atoms with Gasteiger partial charge in [-0.3, -0.25) is 4.79 Å². The minimum absolute atomic E-state index is 0.0529. The van der Waals surface area contributed by atoms with Gasteiger partial charge in [0.1, 0.15) is 12.7 Å². The molecule has 3 heterocycles. The van der Waals surface area contributed by atoms with E-state index in [0.717, 1.165) is 17.7 Å². The Kier molecular flexibility index (Phi) is 5.80. The topological polar surface area (TPSA) is 106 Å². The van der Waals surface area contributed by atoms with Crippen molar-refractivity contribution < 1.29 is 27.4 Å². The molecule has 0 bridgehead atoms. The summed E-state index contributed by atoms with van der Waals surface area (Å²) >= 11 is 0. The molecule has 1 atom stereocenters. The molecule has 1 aliphatic rings. The number of hydrogen-bond donors (Lipinski definition) is 1. The van der Waals surface area contributed by atoms with E-state index >= 15 is 0 Å². The number of halogens is 3. The Morgan fingerprint density at radius 1 is 1.23 bits per heavy atom. The molecule has 0 spiro atoms. The Hall–Kier alpha value is -3.54. The highest BCUT2D eigenvalue weighted by molar-refractivity contribution is 5.94. The average molecular weight is 434 g/mol. The number of morpholine rings is 1. The molecule has 4 rings (SSSR count). The van der Waals surface area contributed by atoms with Gasteiger partial charge in [0.25, 0.3) is 5.91 Å². The van der Waals surface area contributed by atoms with Gasteiger partial charge in [0.2, 0.25) is 11.7 Å². The number of amides is 1. The van der Waals surface area contributed by atoms with Crippen molar-refractivity contribution in [2.75, 3.05) is 26.3 Å². The van der Waals surface area contributed by atoms with Gasteiger partial charge in [0, 0.05) is 29.9 Å². The van der Waals surface area contributed by atoms with Crippen LogP contribution in [0.15, 0.2) is 42.6 Å². The molecule has 2 aromatic heterocycles. The predicted molar refractivity (Wildman–Crippen MR) is 100.0 cm³/mol. The minimum Gasteiger partial charge on any atom is -0.475 e. The Morgan fingerprint density at radius 3 is 2.68 bits per heavy atom. The zero-order valence-corrected chi connectivity index (χ0v) is 16.0. The molecule has 1 aromatic carbocycles. The summed E-state index contributed by atoms with van der Waals surface area (Å²) in [5, 5.41) is 13.6. The third-order valence-electron chi connectivity index (χ3n) is 4.64. The average Bonchev–Trinajstić information content (AvgIpc) is 3.32. The molecule has 1 aliphatic heterocycles. The Bertz CT molecular complexity index is 1010. The fraction of sp³-hybridized carbons (Fsp3) is 0.316. The number of carbonyl (C=O) groups is 1. The molecule has 0 radical (unpaired) electrons. The molecule has 0 saturated carbocycles. The maximum atomic E-state index is 12.8. The first-order valence-corrected chi connectivity index (χ1v) is 9.31. The van der Waals surface area contributed by atoms with Gasteiger partial charge in [-0.05, 0) is 23.4 Å². The van der Waals surface area contributed by atoms with Crippen LogP contribution in [0.2, 0.25) is 0 Å². The maximum absolute atomic E-state index is 12.8. The Labute approximate surface area is 174 Å². The van der Waals surface area contributed by atoms with E-state index in [4.69, 9.17) is 9.47 Å². The molecular weight excluding hydrogens is 417 g/mol. The van der Waals surface area contributed by atoms with E-state index in [-0.39, 0.29) is 24.9 Å². The Morgan fingerprint density at radius 2 is 2.03 bits per heavy atom. The lowest BCUT2D eigenvalue weighted by Crippen LogP contribution is -2.47. The second-order valence-corrected chi connectivity index (χ2v) is 6.75. The fourth-order valence-corrected chi connectivity index (χ4v) is 3.04. The smallest absolute Gasteiger partial charge is 0.417 e. The molecule has 1 N–H and O–H groups in total. The number of carbonyl (C=O) groups excluding carboxylic acids is 1. The number of aromatic amines is 1. The number of ether oxygens (including phenoxy) is 2. The van der Waals surface area contributed by atoms with Crippen LogP contribution in [0, 0.1) is 0 Å². The first-order valence-electron chi connectivity index (χ1n) is 9.31. The van der Waals surface area contributed by atoms with Crippen LogP contribution in [0.25, 0.3) is 11.4 Å². The number of nitrogens with one attached hydrogen (secondary N) is 1. The molecule has 1 fully saturated rings. The third-order valence-corrected chi connectivity index (χ3v) is 4.64. The second-order valence-electron chi connectivity index (χ2n) is 6.75. The lowest BCUT2D eigenvalue weighted by atomic mass is 10.1. The van der Waals surface area contributed by atoms with Crippen LogP contribution >= 0.6 is 0 Å². The van der Waals surface area contributed by atoms with E-state index < -0.39 is 17.8 Å². The summed E-state index contributed by atoms with van der Waals surface area (Å²) in [5.41, 5.74) is 0.372. The first kappa shape index (κ1) is 20.7. The molecule has 1 saturated heterocycles. The van der Waals surface area contributed by atoms with E-state index in [9.17, 15) is 18.0 Å². The van der Waals surface area contributed by atoms with Crippen LogP contribution in [0.4, 0.5) is 13.2 Å². The standard InChI is InChI=1S/C19H17F3N6O3/c20-19(21,22)14-5-6-16(23-9-14)31-11-15-10-28(7-8-30-15)18(29)13-3-1-12(2-4-13)17-24-26-27-25-17/h1-6,9,15H,7-8,10-11H2,(H,24,25,26,27). The van der Waals surface area contributed by atoms with Crippen LogP contribution in [-0.4, -0.2) is 68.8 Å². The maximum Gasteiger partial charge on any atom is 0.417 e. The SMILES string of the molecule is O=C(c1ccc(-c2nn[nH]n2)cc1)N1CCOC(COc2ccc(C(F)(F)F)cn2)C1. The van der Waals surface area contributed by atoms with Crippen LogP contribution in [0.5, 0.6) is 5.88 Å². The number of nitrogens with zero attached hydrogens (tertiary/aromatic N) is 5. The molecule has 1 amide bonds. The van der Waals surface area contributed by atoms with Crippen LogP contribution < -0.4 is 4.74 Å². The summed E-state index contributed by atoms with van der Waals surface area (Å²) in [7, 11) is 0. The van der Waals surface area contributed by atoms with E-state index in [1.165, 1.54) is 0 Å². The molecular formula is C19H17F3N6O3. The van der Waals surface area contributed by atoms with Crippen molar-refractivity contribution in [1.82, 2.24) is 30.5 Å². The number of rotatable bonds is 5. The molecule has 3 aromatic rings. The molecule has 0 aliphatic carbocycles. The van der Waals surface area contributed by atoms with Gasteiger partial charge in [-0.2, -0.15) is 18.4 Å². The number of pyridine rings is 1. The normalized spacial score (nSPS) is 16.9. The number of alkyl halides is 3. The van der Waals surface area contributed by atoms with Crippen LogP contribution in [0.3, 0.4) is 0 Å². The number of tetrazole rings is 1. The van der Waals surface area contributed by atoms with Gasteiger partial charge in [-0.1, -0.05) is 12.1 Å². The monoisotopic (exact) mass is 434 g/mol. The second kappa shape index (κ2) is 8.68. The van der Waals surface area contributed by atoms with E-state index in [1.807, 2.05) is 0 Å². The first-order chi connectivity index (χ1) is 14.9. The highest BCUT2D eigenvalue weighted by Gasteiger charge is 2.31. The molecule has 31 heavy (non-hydrogen) atoms. The zero-order chi connectivity index (χ0) is 21.8. The summed E-state index contributed by atoms with van der Waals surface area (Å²) in [6.07, 6.45) is -4.17. The van der Waals surface area contributed by atoms with E-state index in [1.54, 1.807) is 29.2 Å². The van der Waals surface area contributed by atoms with Crippen molar-refractivity contribution in [2.24, 2.45) is 0 Å². The number of hydrogen-bond acceptors (Lipinski definition) is 7. The van der Waals surface area contributed by atoms with Gasteiger partial charge in [-0.25, -0.2) is 4.98 Å². The molecule has 162 valence electrons. The summed E-state index contributed by atoms with van der Waals surface area (Å²) < 4.78 is 48.8. The lowest BCUT2D eigenvalue weighted by molar-refractivity contribution is -0.137. The van der Waals surface area contributed by atoms with E-state index in [2.05, 4.69) is 25.6 Å². The number of aromatic nitrogens is 5. The summed E-state index contributed by atoms with van der Waals surface area (Å²) in [6.45, 7) is 1.08. The highest BCUT2D eigenvalue weighted by atomic mass is 19.4. The quantitative estimate of drug-likeness (QED) is 0.656. The summed E-state index contributed by atoms with van der Waals surface area (Å²) in [4.78, 5) is 18.1. The van der Waals surface area contributed by atoms with Gasteiger partial charge in [-0.15, -0.1) is 10.2 Å². The van der Waals surface area contributed by atoms with Crippen LogP contribution in [0.1, 0.15) is 15.9 Å². The van der Waals surface area contributed by atoms with Crippen LogP contribution in [-0.2, 0) is 10.9 Å². The third kappa shape index (κ3) is 4.97. The fourth-order valence-electron chi connectivity index (χ4n) is 3.04. The van der Waals surface area contributed by atoms with Gasteiger partial charge < -0.3 is 14.4 Å². The van der Waals surface area contributed by atoms with Gasteiger partial charge in [0.05, 0.1) is 18.7 Å². The molecule has 9 nitrogen and oxygen atoms in total.